The van der Waals surface area contributed by atoms with Gasteiger partial charge < -0.3 is 5.73 Å². The lowest BCUT2D eigenvalue weighted by atomic mass is 10.2. The number of halogens is 2. The van der Waals surface area contributed by atoms with Gasteiger partial charge in [0.1, 0.15) is 10.7 Å². The summed E-state index contributed by atoms with van der Waals surface area (Å²) in [6, 6.07) is 8.71. The van der Waals surface area contributed by atoms with E-state index in [1.807, 2.05) is 0 Å². The van der Waals surface area contributed by atoms with Crippen molar-refractivity contribution in [2.45, 2.75) is 11.8 Å². The van der Waals surface area contributed by atoms with E-state index in [1.165, 1.54) is 24.3 Å². The molecule has 0 radical (unpaired) electrons. The summed E-state index contributed by atoms with van der Waals surface area (Å²) >= 11 is 3.00. The minimum absolute atomic E-state index is 0.0282. The molecular weight excluding hydrogens is 347 g/mol. The van der Waals surface area contributed by atoms with E-state index in [2.05, 4.69) is 20.7 Å². The Kier molecular flexibility index (Phi) is 4.01. The molecule has 2 aromatic carbocycles. The zero-order valence-corrected chi connectivity index (χ0v) is 12.9. The standard InChI is InChI=1S/C13H12BrFN2O2S/c1-8-3-2-4-12(16)13(8)20(18,19)17-9-5-6-11(15)10(14)7-9/h2-7,17H,16H2,1H3. The second-order valence-corrected chi connectivity index (χ2v) is 6.70. The average Bonchev–Trinajstić information content (AvgIpc) is 2.33. The van der Waals surface area contributed by atoms with E-state index in [0.717, 1.165) is 0 Å². The monoisotopic (exact) mass is 358 g/mol. The highest BCUT2D eigenvalue weighted by atomic mass is 79.9. The van der Waals surface area contributed by atoms with Gasteiger partial charge in [-0.3, -0.25) is 4.72 Å². The van der Waals surface area contributed by atoms with E-state index >= 15 is 0 Å². The van der Waals surface area contributed by atoms with Crippen molar-refractivity contribution in [2.75, 3.05) is 10.5 Å². The molecule has 20 heavy (non-hydrogen) atoms. The summed E-state index contributed by atoms with van der Waals surface area (Å²) in [7, 11) is -3.82. The number of nitrogens with two attached hydrogens (primary N) is 1. The summed E-state index contributed by atoms with van der Waals surface area (Å²) in [6.45, 7) is 1.66. The highest BCUT2D eigenvalue weighted by molar-refractivity contribution is 9.10. The summed E-state index contributed by atoms with van der Waals surface area (Å²) < 4.78 is 40.4. The van der Waals surface area contributed by atoms with Gasteiger partial charge in [-0.1, -0.05) is 12.1 Å². The third-order valence-electron chi connectivity index (χ3n) is 2.68. The van der Waals surface area contributed by atoms with E-state index in [9.17, 15) is 12.8 Å². The molecule has 0 amide bonds. The van der Waals surface area contributed by atoms with Crippen LogP contribution in [0.3, 0.4) is 0 Å². The summed E-state index contributed by atoms with van der Waals surface area (Å²) in [4.78, 5) is 0.0282. The van der Waals surface area contributed by atoms with E-state index < -0.39 is 15.8 Å². The summed E-state index contributed by atoms with van der Waals surface area (Å²) in [5, 5.41) is 0. The van der Waals surface area contributed by atoms with Gasteiger partial charge in [-0.05, 0) is 52.7 Å². The largest absolute Gasteiger partial charge is 0.398 e. The fraction of sp³-hybridized carbons (Fsp3) is 0.0769. The second-order valence-electron chi connectivity index (χ2n) is 4.23. The van der Waals surface area contributed by atoms with Gasteiger partial charge in [0.15, 0.2) is 0 Å². The van der Waals surface area contributed by atoms with Crippen LogP contribution in [0, 0.1) is 12.7 Å². The second kappa shape index (κ2) is 5.41. The van der Waals surface area contributed by atoms with Gasteiger partial charge >= 0.3 is 0 Å². The fourth-order valence-corrected chi connectivity index (χ4v) is 3.60. The third kappa shape index (κ3) is 2.94. The van der Waals surface area contributed by atoms with Crippen LogP contribution in [0.4, 0.5) is 15.8 Å². The number of sulfonamides is 1. The molecule has 0 aliphatic carbocycles. The van der Waals surface area contributed by atoms with E-state index in [-0.39, 0.29) is 20.7 Å². The van der Waals surface area contributed by atoms with Crippen molar-refractivity contribution in [1.29, 1.82) is 0 Å². The van der Waals surface area contributed by atoms with E-state index in [4.69, 9.17) is 5.73 Å². The van der Waals surface area contributed by atoms with Crippen LogP contribution in [-0.4, -0.2) is 8.42 Å². The van der Waals surface area contributed by atoms with Gasteiger partial charge in [-0.25, -0.2) is 12.8 Å². The summed E-state index contributed by atoms with van der Waals surface area (Å²) in [5.74, 6) is -0.469. The van der Waals surface area contributed by atoms with Crippen molar-refractivity contribution >= 4 is 37.3 Å². The molecule has 0 heterocycles. The molecule has 4 nitrogen and oxygen atoms in total. The molecule has 0 aliphatic rings. The molecule has 0 fully saturated rings. The Morgan fingerprint density at radius 3 is 2.55 bits per heavy atom. The normalized spacial score (nSPS) is 11.3. The molecule has 0 saturated heterocycles. The first-order valence-electron chi connectivity index (χ1n) is 5.64. The number of rotatable bonds is 3. The smallest absolute Gasteiger partial charge is 0.264 e. The lowest BCUT2D eigenvalue weighted by molar-refractivity contribution is 0.600. The molecule has 0 aromatic heterocycles. The van der Waals surface area contributed by atoms with Crippen molar-refractivity contribution in [1.82, 2.24) is 0 Å². The average molecular weight is 359 g/mol. The first kappa shape index (κ1) is 14.8. The Morgan fingerprint density at radius 1 is 1.25 bits per heavy atom. The molecule has 0 atom stereocenters. The van der Waals surface area contributed by atoms with Gasteiger partial charge in [0.2, 0.25) is 0 Å². The minimum atomic E-state index is -3.82. The molecule has 0 aliphatic heterocycles. The third-order valence-corrected chi connectivity index (χ3v) is 4.89. The number of hydrogen-bond donors (Lipinski definition) is 2. The van der Waals surface area contributed by atoms with Gasteiger partial charge in [-0.15, -0.1) is 0 Å². The zero-order chi connectivity index (χ0) is 14.9. The molecule has 2 rings (SSSR count). The molecule has 0 saturated carbocycles. The highest BCUT2D eigenvalue weighted by Gasteiger charge is 2.20. The molecule has 106 valence electrons. The van der Waals surface area contributed by atoms with Crippen LogP contribution in [-0.2, 0) is 10.0 Å². The van der Waals surface area contributed by atoms with Crippen molar-refractivity contribution in [3.8, 4) is 0 Å². The first-order chi connectivity index (χ1) is 9.31. The predicted molar refractivity (Wildman–Crippen MR) is 80.5 cm³/mol. The molecular formula is C13H12BrFN2O2S. The number of benzene rings is 2. The maximum Gasteiger partial charge on any atom is 0.264 e. The lowest BCUT2D eigenvalue weighted by Gasteiger charge is -2.12. The Hall–Kier alpha value is -1.60. The molecule has 2 aromatic rings. The van der Waals surface area contributed by atoms with Gasteiger partial charge in [0.05, 0.1) is 15.8 Å². The van der Waals surface area contributed by atoms with Crippen LogP contribution in [0.2, 0.25) is 0 Å². The fourth-order valence-electron chi connectivity index (χ4n) is 1.81. The van der Waals surface area contributed by atoms with Crippen LogP contribution >= 0.6 is 15.9 Å². The van der Waals surface area contributed by atoms with Gasteiger partial charge in [-0.2, -0.15) is 0 Å². The number of nitrogen functional groups attached to an aromatic ring is 1. The van der Waals surface area contributed by atoms with Crippen molar-refractivity contribution in [3.63, 3.8) is 0 Å². The lowest BCUT2D eigenvalue weighted by Crippen LogP contribution is -2.16. The van der Waals surface area contributed by atoms with Crippen LogP contribution in [0.5, 0.6) is 0 Å². The SMILES string of the molecule is Cc1cccc(N)c1S(=O)(=O)Nc1ccc(F)c(Br)c1. The van der Waals surface area contributed by atoms with Crippen LogP contribution in [0.1, 0.15) is 5.56 Å². The molecule has 0 unspecified atom stereocenters. The first-order valence-corrected chi connectivity index (χ1v) is 7.92. The maximum atomic E-state index is 13.1. The minimum Gasteiger partial charge on any atom is -0.398 e. The number of aryl methyl sites for hydroxylation is 1. The highest BCUT2D eigenvalue weighted by Crippen LogP contribution is 2.26. The Balaban J connectivity index is 2.43. The van der Waals surface area contributed by atoms with Crippen molar-refractivity contribution in [2.24, 2.45) is 0 Å². The predicted octanol–water partition coefficient (Wildman–Crippen LogP) is 3.28. The van der Waals surface area contributed by atoms with E-state index in [1.54, 1.807) is 19.1 Å². The quantitative estimate of drug-likeness (QED) is 0.827. The van der Waals surface area contributed by atoms with Gasteiger partial charge in [0, 0.05) is 0 Å². The Labute approximate surface area is 125 Å². The van der Waals surface area contributed by atoms with Crippen LogP contribution < -0.4 is 10.5 Å². The molecule has 3 N–H and O–H groups in total. The summed E-state index contributed by atoms with van der Waals surface area (Å²) in [6.07, 6.45) is 0. The van der Waals surface area contributed by atoms with E-state index in [0.29, 0.717) is 5.56 Å². The zero-order valence-electron chi connectivity index (χ0n) is 10.5. The number of nitrogens with one attached hydrogen (secondary N) is 1. The van der Waals surface area contributed by atoms with Crippen LogP contribution in [0.15, 0.2) is 45.8 Å². The van der Waals surface area contributed by atoms with Crippen molar-refractivity contribution in [3.05, 3.63) is 52.3 Å². The maximum absolute atomic E-state index is 13.1. The summed E-state index contributed by atoms with van der Waals surface area (Å²) in [5.41, 5.74) is 6.68. The Bertz CT molecular complexity index is 743. The van der Waals surface area contributed by atoms with Gasteiger partial charge in [0.25, 0.3) is 10.0 Å². The molecule has 0 bridgehead atoms. The Morgan fingerprint density at radius 2 is 1.95 bits per heavy atom. The number of anilines is 2. The van der Waals surface area contributed by atoms with Crippen LogP contribution in [0.25, 0.3) is 0 Å². The molecule has 7 heteroatoms. The molecule has 0 spiro atoms. The van der Waals surface area contributed by atoms with Crippen molar-refractivity contribution < 1.29 is 12.8 Å². The topological polar surface area (TPSA) is 72.2 Å². The number of hydrogen-bond acceptors (Lipinski definition) is 3.